The number of anilines is 1. The SMILES string of the molecule is C=C(F)C(=O)Nc1cnc2c(c1)c(/C=C/c1ccc(Cl)cc1)cn2C. The third-order valence-electron chi connectivity index (χ3n) is 3.67. The monoisotopic (exact) mass is 355 g/mol. The number of aryl methyl sites for hydroxylation is 1. The highest BCUT2D eigenvalue weighted by molar-refractivity contribution is 6.30. The Morgan fingerprint density at radius 3 is 2.72 bits per heavy atom. The number of rotatable bonds is 4. The van der Waals surface area contributed by atoms with Gasteiger partial charge >= 0.3 is 0 Å². The van der Waals surface area contributed by atoms with Crippen molar-refractivity contribution in [1.29, 1.82) is 0 Å². The first-order valence-corrected chi connectivity index (χ1v) is 7.86. The Labute approximate surface area is 149 Å². The Hall–Kier alpha value is -2.92. The molecule has 0 saturated heterocycles. The largest absolute Gasteiger partial charge is 0.335 e. The predicted octanol–water partition coefficient (Wildman–Crippen LogP) is 4.82. The number of halogens is 2. The number of nitrogens with one attached hydrogen (secondary N) is 1. The van der Waals surface area contributed by atoms with E-state index < -0.39 is 11.7 Å². The van der Waals surface area contributed by atoms with Crippen LogP contribution in [-0.4, -0.2) is 15.5 Å². The van der Waals surface area contributed by atoms with E-state index in [4.69, 9.17) is 11.6 Å². The second-order valence-corrected chi connectivity index (χ2v) is 5.97. The number of fused-ring (bicyclic) bond motifs is 1. The number of hydrogen-bond acceptors (Lipinski definition) is 2. The van der Waals surface area contributed by atoms with Crippen molar-refractivity contribution < 1.29 is 9.18 Å². The van der Waals surface area contributed by atoms with Crippen molar-refractivity contribution in [3.05, 3.63) is 71.3 Å². The minimum Gasteiger partial charge on any atom is -0.335 e. The van der Waals surface area contributed by atoms with E-state index in [0.717, 1.165) is 22.2 Å². The number of aromatic nitrogens is 2. The van der Waals surface area contributed by atoms with Crippen LogP contribution in [0.5, 0.6) is 0 Å². The molecule has 4 nitrogen and oxygen atoms in total. The summed E-state index contributed by atoms with van der Waals surface area (Å²) in [5.74, 6) is -1.92. The van der Waals surface area contributed by atoms with Gasteiger partial charge in [0.1, 0.15) is 5.65 Å². The quantitative estimate of drug-likeness (QED) is 0.682. The molecule has 0 aliphatic carbocycles. The molecule has 2 aromatic heterocycles. The van der Waals surface area contributed by atoms with Crippen molar-refractivity contribution in [3.63, 3.8) is 0 Å². The van der Waals surface area contributed by atoms with Crippen LogP contribution in [-0.2, 0) is 11.8 Å². The van der Waals surface area contributed by atoms with Gasteiger partial charge in [0.15, 0.2) is 5.83 Å². The topological polar surface area (TPSA) is 46.9 Å². The Kier molecular flexibility index (Phi) is 4.67. The summed E-state index contributed by atoms with van der Waals surface area (Å²) in [6.07, 6.45) is 7.33. The van der Waals surface area contributed by atoms with Gasteiger partial charge in [-0.05, 0) is 23.8 Å². The summed E-state index contributed by atoms with van der Waals surface area (Å²) in [5.41, 5.74) is 3.10. The van der Waals surface area contributed by atoms with Crippen molar-refractivity contribution in [1.82, 2.24) is 9.55 Å². The zero-order valence-electron chi connectivity index (χ0n) is 13.5. The Balaban J connectivity index is 1.95. The van der Waals surface area contributed by atoms with E-state index in [-0.39, 0.29) is 0 Å². The van der Waals surface area contributed by atoms with Gasteiger partial charge in [-0.15, -0.1) is 0 Å². The molecule has 0 unspecified atom stereocenters. The first-order chi connectivity index (χ1) is 11.9. The second kappa shape index (κ2) is 6.91. The number of hydrogen-bond donors (Lipinski definition) is 1. The van der Waals surface area contributed by atoms with Crippen LogP contribution < -0.4 is 5.32 Å². The van der Waals surface area contributed by atoms with Gasteiger partial charge in [0.2, 0.25) is 0 Å². The fourth-order valence-electron chi connectivity index (χ4n) is 2.45. The smallest absolute Gasteiger partial charge is 0.283 e. The third-order valence-corrected chi connectivity index (χ3v) is 3.93. The number of pyridine rings is 1. The van der Waals surface area contributed by atoms with E-state index in [2.05, 4.69) is 16.9 Å². The summed E-state index contributed by atoms with van der Waals surface area (Å²) in [7, 11) is 1.89. The zero-order chi connectivity index (χ0) is 18.0. The molecule has 0 atom stereocenters. The van der Waals surface area contributed by atoms with E-state index >= 15 is 0 Å². The molecule has 3 aromatic rings. The van der Waals surface area contributed by atoms with Gasteiger partial charge in [0, 0.05) is 29.2 Å². The van der Waals surface area contributed by atoms with Crippen LogP contribution in [0.1, 0.15) is 11.1 Å². The van der Waals surface area contributed by atoms with Crippen molar-refractivity contribution in [2.24, 2.45) is 7.05 Å². The second-order valence-electron chi connectivity index (χ2n) is 5.53. The molecule has 0 aliphatic heterocycles. The molecule has 6 heteroatoms. The molecule has 0 aliphatic rings. The summed E-state index contributed by atoms with van der Waals surface area (Å²) in [6, 6.07) is 9.23. The summed E-state index contributed by atoms with van der Waals surface area (Å²) < 4.78 is 14.7. The van der Waals surface area contributed by atoms with Gasteiger partial charge in [-0.1, -0.05) is 42.5 Å². The normalized spacial score (nSPS) is 11.2. The van der Waals surface area contributed by atoms with E-state index in [1.807, 2.05) is 54.2 Å². The molecule has 0 fully saturated rings. The molecular formula is C19H15ClFN3O. The lowest BCUT2D eigenvalue weighted by molar-refractivity contribution is -0.114. The Morgan fingerprint density at radius 2 is 2.04 bits per heavy atom. The van der Waals surface area contributed by atoms with Crippen LogP contribution in [0.25, 0.3) is 23.2 Å². The lowest BCUT2D eigenvalue weighted by atomic mass is 10.1. The van der Waals surface area contributed by atoms with Crippen molar-refractivity contribution in [2.75, 3.05) is 5.32 Å². The average molecular weight is 356 g/mol. The number of nitrogens with zero attached hydrogens (tertiary/aromatic N) is 2. The molecule has 2 heterocycles. The minimum atomic E-state index is -1.05. The fraction of sp³-hybridized carbons (Fsp3) is 0.0526. The maximum atomic E-state index is 12.9. The van der Waals surface area contributed by atoms with Gasteiger partial charge in [0.05, 0.1) is 11.9 Å². The summed E-state index contributed by atoms with van der Waals surface area (Å²) >= 11 is 5.89. The molecule has 1 N–H and O–H groups in total. The van der Waals surface area contributed by atoms with Crippen LogP contribution >= 0.6 is 11.6 Å². The summed E-state index contributed by atoms with van der Waals surface area (Å²) in [6.45, 7) is 2.98. The molecule has 1 aromatic carbocycles. The lowest BCUT2D eigenvalue weighted by Gasteiger charge is -2.03. The van der Waals surface area contributed by atoms with Crippen molar-refractivity contribution >= 4 is 46.4 Å². The van der Waals surface area contributed by atoms with E-state index in [1.54, 1.807) is 6.07 Å². The van der Waals surface area contributed by atoms with Crippen molar-refractivity contribution in [3.8, 4) is 0 Å². The fourth-order valence-corrected chi connectivity index (χ4v) is 2.58. The van der Waals surface area contributed by atoms with Gasteiger partial charge in [-0.3, -0.25) is 4.79 Å². The Bertz CT molecular complexity index is 990. The highest BCUT2D eigenvalue weighted by Crippen LogP contribution is 2.24. The molecule has 3 rings (SSSR count). The maximum absolute atomic E-state index is 12.9. The number of carbonyl (C=O) groups excluding carboxylic acids is 1. The third kappa shape index (κ3) is 3.78. The molecular weight excluding hydrogens is 341 g/mol. The van der Waals surface area contributed by atoms with Gasteiger partial charge in [-0.2, -0.15) is 0 Å². The maximum Gasteiger partial charge on any atom is 0.283 e. The lowest BCUT2D eigenvalue weighted by Crippen LogP contribution is -2.11. The first kappa shape index (κ1) is 16.9. The molecule has 0 spiro atoms. The van der Waals surface area contributed by atoms with Crippen molar-refractivity contribution in [2.45, 2.75) is 0 Å². The Morgan fingerprint density at radius 1 is 1.32 bits per heavy atom. The number of benzene rings is 1. The van der Waals surface area contributed by atoms with Crippen LogP contribution in [0.4, 0.5) is 10.1 Å². The first-order valence-electron chi connectivity index (χ1n) is 7.48. The van der Waals surface area contributed by atoms with Gasteiger partial charge in [-0.25, -0.2) is 9.37 Å². The van der Waals surface area contributed by atoms with Crippen LogP contribution in [0.2, 0.25) is 5.02 Å². The van der Waals surface area contributed by atoms with Crippen LogP contribution in [0.3, 0.4) is 0 Å². The molecule has 0 bridgehead atoms. The highest BCUT2D eigenvalue weighted by atomic mass is 35.5. The highest BCUT2D eigenvalue weighted by Gasteiger charge is 2.10. The molecule has 0 saturated carbocycles. The summed E-state index contributed by atoms with van der Waals surface area (Å²) in [5, 5.41) is 3.95. The molecule has 1 amide bonds. The van der Waals surface area contributed by atoms with Gasteiger partial charge in [0.25, 0.3) is 5.91 Å². The average Bonchev–Trinajstić information content (AvgIpc) is 2.90. The standard InChI is InChI=1S/C19H15ClFN3O/c1-12(21)19(25)23-16-9-17-14(11-24(2)18(17)22-10-16)6-3-13-4-7-15(20)8-5-13/h3-11H,1H2,2H3,(H,23,25)/b6-3+. The minimum absolute atomic E-state index is 0.406. The zero-order valence-corrected chi connectivity index (χ0v) is 14.2. The molecule has 0 radical (unpaired) electrons. The number of carbonyl (C=O) groups is 1. The molecule has 25 heavy (non-hydrogen) atoms. The number of amides is 1. The van der Waals surface area contributed by atoms with E-state index in [9.17, 15) is 9.18 Å². The van der Waals surface area contributed by atoms with Crippen LogP contribution in [0, 0.1) is 0 Å². The van der Waals surface area contributed by atoms with Crippen LogP contribution in [0.15, 0.2) is 55.1 Å². The predicted molar refractivity (Wildman–Crippen MR) is 100.0 cm³/mol. The van der Waals surface area contributed by atoms with E-state index in [1.165, 1.54) is 6.20 Å². The van der Waals surface area contributed by atoms with Gasteiger partial charge < -0.3 is 9.88 Å². The summed E-state index contributed by atoms with van der Waals surface area (Å²) in [4.78, 5) is 15.8. The molecule has 126 valence electrons. The van der Waals surface area contributed by atoms with E-state index in [0.29, 0.717) is 10.7 Å².